The number of morpholine rings is 1. The van der Waals surface area contributed by atoms with E-state index in [-0.39, 0.29) is 11.9 Å². The molecule has 0 aliphatic carbocycles. The zero-order chi connectivity index (χ0) is 25.9. The predicted molar refractivity (Wildman–Crippen MR) is 146 cm³/mol. The molecule has 10 nitrogen and oxygen atoms in total. The number of anilines is 3. The summed E-state index contributed by atoms with van der Waals surface area (Å²) in [7, 11) is 0. The smallest absolute Gasteiger partial charge is 0.323 e. The van der Waals surface area contributed by atoms with Crippen LogP contribution < -0.4 is 15.5 Å². The fourth-order valence-corrected chi connectivity index (χ4v) is 4.84. The summed E-state index contributed by atoms with van der Waals surface area (Å²) in [6.07, 6.45) is 4.02. The van der Waals surface area contributed by atoms with E-state index < -0.39 is 0 Å². The maximum Gasteiger partial charge on any atom is 0.323 e. The first-order chi connectivity index (χ1) is 18.6. The number of carbonyl (C=O) groups excluding carboxylic acids is 2. The minimum absolute atomic E-state index is 0.0376. The van der Waals surface area contributed by atoms with Gasteiger partial charge in [0.25, 0.3) is 5.91 Å². The average molecular weight is 512 g/mol. The van der Waals surface area contributed by atoms with Crippen LogP contribution in [-0.4, -0.2) is 70.8 Å². The third-order valence-corrected chi connectivity index (χ3v) is 6.87. The van der Waals surface area contributed by atoms with E-state index in [0.717, 1.165) is 55.9 Å². The Balaban J connectivity index is 1.11. The normalized spacial score (nSPS) is 15.6. The summed E-state index contributed by atoms with van der Waals surface area (Å²) in [4.78, 5) is 34.0. The molecule has 0 spiro atoms. The van der Waals surface area contributed by atoms with Gasteiger partial charge in [-0.15, -0.1) is 5.10 Å². The molecule has 0 saturated carbocycles. The number of amides is 3. The standard InChI is InChI=1S/C28H29N7O3/c36-27(34-13-1-2-14-34)21-7-11-23(12-8-21)30-28(37)29-22-9-5-20(6-10-22)25-31-26(33-16-18-38-19-17-33)24-4-3-15-35(24)32-25/h3-12,15H,1-2,13-14,16-19H2,(H2,29,30,37). The summed E-state index contributed by atoms with van der Waals surface area (Å²) in [5.74, 6) is 1.53. The molecule has 6 rings (SSSR count). The largest absolute Gasteiger partial charge is 0.378 e. The third-order valence-electron chi connectivity index (χ3n) is 6.87. The van der Waals surface area contributed by atoms with Crippen molar-refractivity contribution in [3.8, 4) is 11.4 Å². The zero-order valence-corrected chi connectivity index (χ0v) is 21.0. The summed E-state index contributed by atoms with van der Waals surface area (Å²) in [5, 5.41) is 10.3. The van der Waals surface area contributed by atoms with Gasteiger partial charge in [-0.1, -0.05) is 0 Å². The molecule has 2 N–H and O–H groups in total. The third kappa shape index (κ3) is 5.03. The van der Waals surface area contributed by atoms with E-state index in [2.05, 4.69) is 20.6 Å². The van der Waals surface area contributed by atoms with Gasteiger partial charge in [0.1, 0.15) is 5.52 Å². The van der Waals surface area contributed by atoms with Crippen LogP contribution in [-0.2, 0) is 4.74 Å². The molecule has 2 aliphatic heterocycles. The number of carbonyl (C=O) groups is 2. The summed E-state index contributed by atoms with van der Waals surface area (Å²) in [6.45, 7) is 4.54. The summed E-state index contributed by atoms with van der Waals surface area (Å²) in [5.41, 5.74) is 3.69. The van der Waals surface area contributed by atoms with Crippen molar-refractivity contribution >= 4 is 34.6 Å². The Bertz CT molecular complexity index is 1440. The summed E-state index contributed by atoms with van der Waals surface area (Å²) < 4.78 is 7.34. The molecule has 2 aliphatic rings. The molecule has 2 aromatic heterocycles. The van der Waals surface area contributed by atoms with Gasteiger partial charge in [0.15, 0.2) is 11.6 Å². The van der Waals surface area contributed by atoms with E-state index in [4.69, 9.17) is 9.72 Å². The molecule has 0 bridgehead atoms. The Labute approximate surface area is 220 Å². The van der Waals surface area contributed by atoms with Crippen molar-refractivity contribution < 1.29 is 14.3 Å². The number of rotatable bonds is 5. The minimum atomic E-state index is -0.365. The molecule has 4 aromatic rings. The van der Waals surface area contributed by atoms with Gasteiger partial charge in [0.05, 0.1) is 13.2 Å². The lowest BCUT2D eigenvalue weighted by molar-refractivity contribution is 0.0793. The number of aromatic nitrogens is 3. The second-order valence-corrected chi connectivity index (χ2v) is 9.43. The van der Waals surface area contributed by atoms with Crippen LogP contribution in [0.5, 0.6) is 0 Å². The zero-order valence-electron chi connectivity index (χ0n) is 21.0. The van der Waals surface area contributed by atoms with Gasteiger partial charge >= 0.3 is 6.03 Å². The monoisotopic (exact) mass is 511 g/mol. The number of hydrogen-bond acceptors (Lipinski definition) is 6. The lowest BCUT2D eigenvalue weighted by Gasteiger charge is -2.28. The maximum absolute atomic E-state index is 12.6. The number of nitrogens with one attached hydrogen (secondary N) is 2. The van der Waals surface area contributed by atoms with E-state index in [1.165, 1.54) is 0 Å². The highest BCUT2D eigenvalue weighted by Crippen LogP contribution is 2.25. The molecule has 0 unspecified atom stereocenters. The highest BCUT2D eigenvalue weighted by Gasteiger charge is 2.20. The van der Waals surface area contributed by atoms with Crippen molar-refractivity contribution in [3.05, 3.63) is 72.4 Å². The average Bonchev–Trinajstić information content (AvgIpc) is 3.66. The molecular weight excluding hydrogens is 482 g/mol. The predicted octanol–water partition coefficient (Wildman–Crippen LogP) is 4.11. The maximum atomic E-state index is 12.6. The molecule has 2 saturated heterocycles. The molecule has 3 amide bonds. The van der Waals surface area contributed by atoms with Crippen LogP contribution >= 0.6 is 0 Å². The van der Waals surface area contributed by atoms with Gasteiger partial charge in [-0.25, -0.2) is 14.3 Å². The fourth-order valence-electron chi connectivity index (χ4n) is 4.84. The Morgan fingerprint density at radius 2 is 1.47 bits per heavy atom. The molecule has 4 heterocycles. The van der Waals surface area contributed by atoms with E-state index in [9.17, 15) is 9.59 Å². The number of nitrogens with zero attached hydrogens (tertiary/aromatic N) is 5. The van der Waals surface area contributed by atoms with Gasteiger partial charge in [-0.3, -0.25) is 4.79 Å². The van der Waals surface area contributed by atoms with Crippen molar-refractivity contribution in [2.45, 2.75) is 12.8 Å². The number of benzene rings is 2. The van der Waals surface area contributed by atoms with E-state index in [1.807, 2.05) is 52.0 Å². The molecular formula is C28H29N7O3. The second kappa shape index (κ2) is 10.5. The molecule has 194 valence electrons. The number of fused-ring (bicyclic) bond motifs is 1. The van der Waals surface area contributed by atoms with Crippen LogP contribution in [0.15, 0.2) is 66.9 Å². The number of hydrogen-bond donors (Lipinski definition) is 2. The van der Waals surface area contributed by atoms with Crippen LogP contribution in [0.25, 0.3) is 16.9 Å². The molecule has 0 radical (unpaired) electrons. The number of likely N-dealkylation sites (tertiary alicyclic amines) is 1. The Hall–Kier alpha value is -4.44. The first kappa shape index (κ1) is 23.9. The van der Waals surface area contributed by atoms with Gasteiger partial charge in [-0.2, -0.15) is 0 Å². The van der Waals surface area contributed by atoms with Gasteiger partial charge < -0.3 is 25.2 Å². The van der Waals surface area contributed by atoms with E-state index in [1.54, 1.807) is 24.3 Å². The topological polar surface area (TPSA) is 104 Å². The minimum Gasteiger partial charge on any atom is -0.378 e. The van der Waals surface area contributed by atoms with Gasteiger partial charge in [0.2, 0.25) is 0 Å². The Kier molecular flexibility index (Phi) is 6.62. The highest BCUT2D eigenvalue weighted by molar-refractivity contribution is 6.00. The van der Waals surface area contributed by atoms with Crippen LogP contribution in [0.3, 0.4) is 0 Å². The SMILES string of the molecule is O=C(Nc1ccc(C(=O)N2CCCC2)cc1)Nc1ccc(-c2nc(N3CCOCC3)c3cccn3n2)cc1. The van der Waals surface area contributed by atoms with Crippen LogP contribution in [0.1, 0.15) is 23.2 Å². The lowest BCUT2D eigenvalue weighted by Crippen LogP contribution is -2.37. The molecule has 0 atom stereocenters. The highest BCUT2D eigenvalue weighted by atomic mass is 16.5. The molecule has 2 fully saturated rings. The van der Waals surface area contributed by atoms with Crippen molar-refractivity contribution in [2.75, 3.05) is 54.9 Å². The number of urea groups is 1. The molecule has 38 heavy (non-hydrogen) atoms. The second-order valence-electron chi connectivity index (χ2n) is 9.43. The number of ether oxygens (including phenoxy) is 1. The first-order valence-corrected chi connectivity index (χ1v) is 12.9. The van der Waals surface area contributed by atoms with E-state index >= 15 is 0 Å². The lowest BCUT2D eigenvalue weighted by atomic mass is 10.2. The van der Waals surface area contributed by atoms with Crippen molar-refractivity contribution in [2.24, 2.45) is 0 Å². The Morgan fingerprint density at radius 3 is 2.16 bits per heavy atom. The van der Waals surface area contributed by atoms with Crippen LogP contribution in [0, 0.1) is 0 Å². The Morgan fingerprint density at radius 1 is 0.816 bits per heavy atom. The quantitative estimate of drug-likeness (QED) is 0.418. The summed E-state index contributed by atoms with van der Waals surface area (Å²) >= 11 is 0. The van der Waals surface area contributed by atoms with Gasteiger partial charge in [-0.05, 0) is 73.5 Å². The van der Waals surface area contributed by atoms with Crippen molar-refractivity contribution in [3.63, 3.8) is 0 Å². The first-order valence-electron chi connectivity index (χ1n) is 12.9. The van der Waals surface area contributed by atoms with Crippen molar-refractivity contribution in [1.29, 1.82) is 0 Å². The van der Waals surface area contributed by atoms with E-state index in [0.29, 0.717) is 36.0 Å². The molecule has 2 aromatic carbocycles. The van der Waals surface area contributed by atoms with Gasteiger partial charge in [0, 0.05) is 54.9 Å². The molecule has 10 heteroatoms. The van der Waals surface area contributed by atoms with Crippen LogP contribution in [0.2, 0.25) is 0 Å². The fraction of sp³-hybridized carbons (Fsp3) is 0.286. The van der Waals surface area contributed by atoms with Crippen molar-refractivity contribution in [1.82, 2.24) is 19.5 Å². The summed E-state index contributed by atoms with van der Waals surface area (Å²) in [6, 6.07) is 18.0. The van der Waals surface area contributed by atoms with Crippen LogP contribution in [0.4, 0.5) is 22.0 Å².